The Morgan fingerprint density at radius 3 is 2.62 bits per heavy atom. The lowest BCUT2D eigenvalue weighted by Crippen LogP contribution is -2.08. The lowest BCUT2D eigenvalue weighted by molar-refractivity contribution is 0.0972. The van der Waals surface area contributed by atoms with E-state index < -0.39 is 0 Å². The number of benzene rings is 2. The molecule has 2 N–H and O–H groups in total. The second kappa shape index (κ2) is 5.25. The average Bonchev–Trinajstić information content (AvgIpc) is 2.82. The van der Waals surface area contributed by atoms with E-state index >= 15 is 0 Å². The molecule has 0 unspecified atom stereocenters. The van der Waals surface area contributed by atoms with E-state index in [1.807, 2.05) is 55.5 Å². The van der Waals surface area contributed by atoms with Gasteiger partial charge in [-0.05, 0) is 42.8 Å². The molecule has 2 aromatic carbocycles. The summed E-state index contributed by atoms with van der Waals surface area (Å²) < 4.78 is 1.61. The normalized spacial score (nSPS) is 11.3. The van der Waals surface area contributed by atoms with Crippen LogP contribution in [0.3, 0.4) is 0 Å². The van der Waals surface area contributed by atoms with Crippen molar-refractivity contribution in [2.75, 3.05) is 5.73 Å². The van der Waals surface area contributed by atoms with E-state index in [-0.39, 0.29) is 5.91 Å². The molecule has 4 nitrogen and oxygen atoms in total. The highest BCUT2D eigenvalue weighted by Gasteiger charge is 2.10. The fraction of sp³-hybridized carbons (Fsp3) is 0.0588. The molecule has 0 bridgehead atoms. The number of hydrogen-bond donors (Lipinski definition) is 1. The molecule has 1 aromatic heterocycles. The van der Waals surface area contributed by atoms with Crippen LogP contribution in [0.4, 0.5) is 5.69 Å². The van der Waals surface area contributed by atoms with Crippen LogP contribution in [0.2, 0.25) is 0 Å². The van der Waals surface area contributed by atoms with Crippen LogP contribution in [0.15, 0.2) is 54.6 Å². The lowest BCUT2D eigenvalue weighted by atomic mass is 10.2. The molecule has 0 fully saturated rings. The largest absolute Gasteiger partial charge is 0.399 e. The van der Waals surface area contributed by atoms with Crippen molar-refractivity contribution < 1.29 is 4.79 Å². The summed E-state index contributed by atoms with van der Waals surface area (Å²) in [6.07, 6.45) is 3.32. The van der Waals surface area contributed by atoms with E-state index in [1.165, 1.54) is 0 Å². The molecule has 0 atom stereocenters. The van der Waals surface area contributed by atoms with Gasteiger partial charge in [-0.1, -0.05) is 24.3 Å². The fourth-order valence-electron chi connectivity index (χ4n) is 2.27. The highest BCUT2D eigenvalue weighted by Crippen LogP contribution is 2.16. The van der Waals surface area contributed by atoms with Gasteiger partial charge in [-0.3, -0.25) is 9.36 Å². The zero-order valence-electron chi connectivity index (χ0n) is 11.7. The van der Waals surface area contributed by atoms with Gasteiger partial charge >= 0.3 is 0 Å². The highest BCUT2D eigenvalue weighted by molar-refractivity contribution is 5.99. The molecule has 0 radical (unpaired) electrons. The highest BCUT2D eigenvalue weighted by atomic mass is 16.2. The number of imidazole rings is 1. The van der Waals surface area contributed by atoms with Gasteiger partial charge in [-0.15, -0.1) is 0 Å². The van der Waals surface area contributed by atoms with Crippen LogP contribution >= 0.6 is 0 Å². The molecule has 0 aliphatic carbocycles. The van der Waals surface area contributed by atoms with E-state index in [1.54, 1.807) is 16.7 Å². The van der Waals surface area contributed by atoms with Gasteiger partial charge in [0.1, 0.15) is 5.82 Å². The second-order valence-electron chi connectivity index (χ2n) is 4.82. The average molecular weight is 277 g/mol. The lowest BCUT2D eigenvalue weighted by Gasteiger charge is -2.01. The number of rotatable bonds is 2. The van der Waals surface area contributed by atoms with Crippen molar-refractivity contribution in [3.05, 3.63) is 66.0 Å². The van der Waals surface area contributed by atoms with E-state index in [4.69, 9.17) is 5.73 Å². The Labute approximate surface area is 122 Å². The van der Waals surface area contributed by atoms with Crippen molar-refractivity contribution >= 4 is 28.7 Å². The van der Waals surface area contributed by atoms with Crippen molar-refractivity contribution in [2.45, 2.75) is 6.92 Å². The standard InChI is InChI=1S/C17H15N3O/c1-12-19-15-4-2-3-5-16(15)20(12)17(21)11-8-13-6-9-14(18)10-7-13/h2-11H,18H2,1H3/b11-8+. The predicted molar refractivity (Wildman–Crippen MR) is 85.0 cm³/mol. The van der Waals surface area contributed by atoms with Crippen molar-refractivity contribution in [3.63, 3.8) is 0 Å². The first-order valence-corrected chi connectivity index (χ1v) is 6.67. The van der Waals surface area contributed by atoms with Crippen LogP contribution < -0.4 is 5.73 Å². The molecule has 4 heteroatoms. The third kappa shape index (κ3) is 2.56. The Morgan fingerprint density at radius 2 is 1.86 bits per heavy atom. The first-order chi connectivity index (χ1) is 10.1. The van der Waals surface area contributed by atoms with Gasteiger partial charge in [0.15, 0.2) is 0 Å². The van der Waals surface area contributed by atoms with E-state index in [0.717, 1.165) is 16.6 Å². The summed E-state index contributed by atoms with van der Waals surface area (Å²) >= 11 is 0. The van der Waals surface area contributed by atoms with Crippen molar-refractivity contribution in [1.82, 2.24) is 9.55 Å². The zero-order chi connectivity index (χ0) is 14.8. The molecule has 0 aliphatic rings. The quantitative estimate of drug-likeness (QED) is 0.577. The van der Waals surface area contributed by atoms with Crippen molar-refractivity contribution in [3.8, 4) is 0 Å². The monoisotopic (exact) mass is 277 g/mol. The van der Waals surface area contributed by atoms with E-state index in [2.05, 4.69) is 4.98 Å². The Kier molecular flexibility index (Phi) is 3.28. The molecule has 3 rings (SSSR count). The summed E-state index contributed by atoms with van der Waals surface area (Å²) in [7, 11) is 0. The number of aryl methyl sites for hydroxylation is 1. The number of aromatic nitrogens is 2. The second-order valence-corrected chi connectivity index (χ2v) is 4.82. The molecule has 0 amide bonds. The summed E-state index contributed by atoms with van der Waals surface area (Å²) in [5, 5.41) is 0. The van der Waals surface area contributed by atoms with Gasteiger partial charge in [0, 0.05) is 11.8 Å². The van der Waals surface area contributed by atoms with Gasteiger partial charge in [0.25, 0.3) is 5.91 Å². The number of allylic oxidation sites excluding steroid dienone is 1. The molecule has 3 aromatic rings. The Bertz CT molecular complexity index is 829. The van der Waals surface area contributed by atoms with Crippen molar-refractivity contribution in [1.29, 1.82) is 0 Å². The molecule has 0 spiro atoms. The molecular weight excluding hydrogens is 262 g/mol. The Balaban J connectivity index is 1.94. The SMILES string of the molecule is Cc1nc2ccccc2n1C(=O)/C=C/c1ccc(N)cc1. The minimum atomic E-state index is -0.113. The maximum absolute atomic E-state index is 12.4. The van der Waals surface area contributed by atoms with Crippen LogP contribution in [-0.2, 0) is 0 Å². The molecule has 1 heterocycles. The molecule has 0 aliphatic heterocycles. The smallest absolute Gasteiger partial charge is 0.256 e. The van der Waals surface area contributed by atoms with Crippen molar-refractivity contribution in [2.24, 2.45) is 0 Å². The summed E-state index contributed by atoms with van der Waals surface area (Å²) in [5.74, 6) is 0.571. The summed E-state index contributed by atoms with van der Waals surface area (Å²) in [5.41, 5.74) is 8.92. The van der Waals surface area contributed by atoms with Gasteiger partial charge in [0.05, 0.1) is 11.0 Å². The number of nitrogen functional groups attached to an aromatic ring is 1. The molecule has 21 heavy (non-hydrogen) atoms. The number of carbonyl (C=O) groups is 1. The third-order valence-electron chi connectivity index (χ3n) is 3.30. The zero-order valence-corrected chi connectivity index (χ0v) is 11.7. The van der Waals surface area contributed by atoms with Crippen LogP contribution in [0.1, 0.15) is 16.2 Å². The maximum Gasteiger partial charge on any atom is 0.256 e. The first kappa shape index (κ1) is 13.1. The number of fused-ring (bicyclic) bond motifs is 1. The molecular formula is C17H15N3O. The number of nitrogens with zero attached hydrogens (tertiary/aromatic N) is 2. The topological polar surface area (TPSA) is 60.9 Å². The summed E-state index contributed by atoms with van der Waals surface area (Å²) in [6, 6.07) is 15.0. The van der Waals surface area contributed by atoms with E-state index in [9.17, 15) is 4.79 Å². The Hall–Kier alpha value is -2.88. The minimum Gasteiger partial charge on any atom is -0.399 e. The number of para-hydroxylation sites is 2. The number of nitrogens with two attached hydrogens (primary N) is 1. The Morgan fingerprint density at radius 1 is 1.14 bits per heavy atom. The fourth-order valence-corrected chi connectivity index (χ4v) is 2.27. The number of anilines is 1. The summed E-state index contributed by atoms with van der Waals surface area (Å²) in [4.78, 5) is 16.8. The summed E-state index contributed by atoms with van der Waals surface area (Å²) in [6.45, 7) is 1.83. The van der Waals surface area contributed by atoms with Gasteiger partial charge in [0.2, 0.25) is 0 Å². The molecule has 0 saturated carbocycles. The van der Waals surface area contributed by atoms with Gasteiger partial charge in [-0.25, -0.2) is 4.98 Å². The molecule has 0 saturated heterocycles. The van der Waals surface area contributed by atoms with Gasteiger partial charge in [-0.2, -0.15) is 0 Å². The van der Waals surface area contributed by atoms with Crippen LogP contribution in [0.25, 0.3) is 17.1 Å². The number of carbonyl (C=O) groups excluding carboxylic acids is 1. The van der Waals surface area contributed by atoms with Crippen LogP contribution in [0.5, 0.6) is 0 Å². The van der Waals surface area contributed by atoms with E-state index in [0.29, 0.717) is 11.5 Å². The van der Waals surface area contributed by atoms with Crippen LogP contribution in [-0.4, -0.2) is 15.5 Å². The third-order valence-corrected chi connectivity index (χ3v) is 3.30. The first-order valence-electron chi connectivity index (χ1n) is 6.67. The van der Waals surface area contributed by atoms with Gasteiger partial charge < -0.3 is 5.73 Å². The number of hydrogen-bond acceptors (Lipinski definition) is 3. The van der Waals surface area contributed by atoms with Crippen LogP contribution in [0, 0.1) is 6.92 Å². The maximum atomic E-state index is 12.4. The molecule has 104 valence electrons. The minimum absolute atomic E-state index is 0.113. The predicted octanol–water partition coefficient (Wildman–Crippen LogP) is 3.28.